The third kappa shape index (κ3) is 6.85. The third-order valence-electron chi connectivity index (χ3n) is 5.87. The number of hydrogen-bond acceptors (Lipinski definition) is 5. The van der Waals surface area contributed by atoms with Gasteiger partial charge in [0.2, 0.25) is 5.91 Å². The van der Waals surface area contributed by atoms with E-state index in [0.717, 1.165) is 27.9 Å². The molecule has 0 aliphatic heterocycles. The van der Waals surface area contributed by atoms with Gasteiger partial charge >= 0.3 is 6.18 Å². The van der Waals surface area contributed by atoms with Crippen LogP contribution in [0, 0.1) is 0 Å². The molecule has 0 aliphatic carbocycles. The normalized spacial score (nSPS) is 11.3. The maximum atomic E-state index is 13.0. The summed E-state index contributed by atoms with van der Waals surface area (Å²) in [6.07, 6.45) is -2.59. The van der Waals surface area contributed by atoms with Gasteiger partial charge in [-0.3, -0.25) is 9.59 Å². The molecule has 0 spiro atoms. The fraction of sp³-hybridized carbons (Fsp3) is 0.214. The van der Waals surface area contributed by atoms with Crippen LogP contribution in [0.2, 0.25) is 0 Å². The molecular formula is C28H26F3N3O4S. The predicted molar refractivity (Wildman–Crippen MR) is 145 cm³/mol. The number of ether oxygens (including phenoxy) is 2. The van der Waals surface area contributed by atoms with Crippen molar-refractivity contribution in [2.45, 2.75) is 17.6 Å². The molecule has 4 rings (SSSR count). The van der Waals surface area contributed by atoms with E-state index in [9.17, 15) is 22.8 Å². The van der Waals surface area contributed by atoms with Crippen LogP contribution in [0.25, 0.3) is 10.9 Å². The lowest BCUT2D eigenvalue weighted by atomic mass is 10.2. The van der Waals surface area contributed by atoms with Crippen LogP contribution in [0.15, 0.2) is 77.8 Å². The zero-order valence-corrected chi connectivity index (χ0v) is 22.0. The van der Waals surface area contributed by atoms with Crippen molar-refractivity contribution in [2.75, 3.05) is 31.8 Å². The molecule has 7 nitrogen and oxygen atoms in total. The molecule has 0 bridgehead atoms. The van der Waals surface area contributed by atoms with Gasteiger partial charge in [0.05, 0.1) is 25.5 Å². The summed E-state index contributed by atoms with van der Waals surface area (Å²) in [4.78, 5) is 26.0. The number of amides is 2. The fourth-order valence-electron chi connectivity index (χ4n) is 4.00. The molecule has 39 heavy (non-hydrogen) atoms. The first-order valence-corrected chi connectivity index (χ1v) is 12.9. The summed E-state index contributed by atoms with van der Waals surface area (Å²) in [5.41, 5.74) is 0.629. The maximum absolute atomic E-state index is 13.0. The number of anilines is 1. The predicted octanol–water partition coefficient (Wildman–Crippen LogP) is 5.84. The molecule has 0 radical (unpaired) electrons. The van der Waals surface area contributed by atoms with Gasteiger partial charge in [0.15, 0.2) is 11.5 Å². The summed E-state index contributed by atoms with van der Waals surface area (Å²) in [7, 11) is 3.02. The first-order valence-electron chi connectivity index (χ1n) is 11.9. The van der Waals surface area contributed by atoms with E-state index in [4.69, 9.17) is 9.47 Å². The number of nitrogens with zero attached hydrogens (tertiary/aromatic N) is 1. The van der Waals surface area contributed by atoms with E-state index in [-0.39, 0.29) is 17.3 Å². The number of nitrogens with one attached hydrogen (secondary N) is 2. The minimum atomic E-state index is -4.49. The minimum absolute atomic E-state index is 0.0142. The van der Waals surface area contributed by atoms with Gasteiger partial charge in [-0.1, -0.05) is 24.3 Å². The highest BCUT2D eigenvalue weighted by molar-refractivity contribution is 8.00. The number of benzene rings is 3. The fourth-order valence-corrected chi connectivity index (χ4v) is 4.88. The summed E-state index contributed by atoms with van der Waals surface area (Å²) in [6, 6.07) is 17.1. The highest BCUT2D eigenvalue weighted by Gasteiger charge is 2.30. The Morgan fingerprint density at radius 3 is 2.46 bits per heavy atom. The van der Waals surface area contributed by atoms with Crippen molar-refractivity contribution in [1.29, 1.82) is 0 Å². The summed E-state index contributed by atoms with van der Waals surface area (Å²) in [6.45, 7) is 0.836. The SMILES string of the molecule is COc1ccc(C(=O)NCCn2cc(SCC(=O)Nc3cccc(C(F)(F)F)c3)c3ccccc32)cc1OC. The van der Waals surface area contributed by atoms with E-state index < -0.39 is 17.6 Å². The smallest absolute Gasteiger partial charge is 0.416 e. The standard InChI is InChI=1S/C28H26F3N3O4S/c1-37-23-11-10-18(14-24(23)38-2)27(36)32-12-13-34-16-25(21-8-3-4-9-22(21)34)39-17-26(35)33-20-7-5-6-19(15-20)28(29,30)31/h3-11,14-16H,12-13,17H2,1-2H3,(H,32,36)(H,33,35). The van der Waals surface area contributed by atoms with Crippen molar-refractivity contribution in [3.63, 3.8) is 0 Å². The lowest BCUT2D eigenvalue weighted by Gasteiger charge is -2.10. The van der Waals surface area contributed by atoms with Crippen LogP contribution in [0.4, 0.5) is 18.9 Å². The van der Waals surface area contributed by atoms with Crippen LogP contribution < -0.4 is 20.1 Å². The monoisotopic (exact) mass is 557 g/mol. The Bertz CT molecular complexity index is 1490. The number of fused-ring (bicyclic) bond motifs is 1. The molecule has 3 aromatic carbocycles. The number of carbonyl (C=O) groups is 2. The van der Waals surface area contributed by atoms with E-state index in [1.54, 1.807) is 18.2 Å². The molecule has 0 saturated carbocycles. The molecule has 0 saturated heterocycles. The average Bonchev–Trinajstić information content (AvgIpc) is 3.28. The lowest BCUT2D eigenvalue weighted by Crippen LogP contribution is -2.27. The van der Waals surface area contributed by atoms with Crippen LogP contribution in [0.3, 0.4) is 0 Å². The molecule has 2 amide bonds. The number of carbonyl (C=O) groups excluding carboxylic acids is 2. The minimum Gasteiger partial charge on any atom is -0.493 e. The van der Waals surface area contributed by atoms with Gasteiger partial charge in [0.25, 0.3) is 5.91 Å². The Kier molecular flexibility index (Phi) is 8.70. The zero-order valence-electron chi connectivity index (χ0n) is 21.2. The van der Waals surface area contributed by atoms with E-state index in [1.807, 2.05) is 35.0 Å². The summed E-state index contributed by atoms with van der Waals surface area (Å²) >= 11 is 1.28. The molecular weight excluding hydrogens is 531 g/mol. The van der Waals surface area contributed by atoms with Gasteiger partial charge in [0.1, 0.15) is 0 Å². The first-order chi connectivity index (χ1) is 18.7. The number of hydrogen-bond donors (Lipinski definition) is 2. The second-order valence-electron chi connectivity index (χ2n) is 8.44. The number of thioether (sulfide) groups is 1. The summed E-state index contributed by atoms with van der Waals surface area (Å²) < 4.78 is 51.3. The number of methoxy groups -OCH3 is 2. The summed E-state index contributed by atoms with van der Waals surface area (Å²) in [5.74, 6) is 0.327. The third-order valence-corrected chi connectivity index (χ3v) is 6.91. The van der Waals surface area contributed by atoms with Gasteiger partial charge < -0.3 is 24.7 Å². The first kappa shape index (κ1) is 27.9. The molecule has 4 aromatic rings. The topological polar surface area (TPSA) is 81.6 Å². The highest BCUT2D eigenvalue weighted by atomic mass is 32.2. The van der Waals surface area contributed by atoms with Gasteiger partial charge in [-0.25, -0.2) is 0 Å². The second kappa shape index (κ2) is 12.2. The number of rotatable bonds is 10. The van der Waals surface area contributed by atoms with Crippen LogP contribution in [0.1, 0.15) is 15.9 Å². The zero-order chi connectivity index (χ0) is 28.0. The molecule has 204 valence electrons. The molecule has 1 aromatic heterocycles. The Morgan fingerprint density at radius 1 is 0.949 bits per heavy atom. The van der Waals surface area contributed by atoms with Crippen molar-refractivity contribution in [3.8, 4) is 11.5 Å². The van der Waals surface area contributed by atoms with Crippen molar-refractivity contribution in [2.24, 2.45) is 0 Å². The maximum Gasteiger partial charge on any atom is 0.416 e. The number of aromatic nitrogens is 1. The van der Waals surface area contributed by atoms with Gasteiger partial charge in [-0.2, -0.15) is 13.2 Å². The Balaban J connectivity index is 1.38. The average molecular weight is 558 g/mol. The van der Waals surface area contributed by atoms with Crippen molar-refractivity contribution in [3.05, 3.63) is 84.1 Å². The molecule has 0 unspecified atom stereocenters. The van der Waals surface area contributed by atoms with E-state index in [1.165, 1.54) is 38.1 Å². The molecule has 11 heteroatoms. The van der Waals surface area contributed by atoms with Gasteiger partial charge in [-0.05, 0) is 42.5 Å². The van der Waals surface area contributed by atoms with Gasteiger partial charge in [0, 0.05) is 46.3 Å². The highest BCUT2D eigenvalue weighted by Crippen LogP contribution is 2.32. The molecule has 0 fully saturated rings. The molecule has 0 aliphatic rings. The Morgan fingerprint density at radius 2 is 1.72 bits per heavy atom. The Hall–Kier alpha value is -4.12. The Labute approximate surface area is 227 Å². The number of para-hydroxylation sites is 1. The lowest BCUT2D eigenvalue weighted by molar-refractivity contribution is -0.137. The van der Waals surface area contributed by atoms with E-state index >= 15 is 0 Å². The molecule has 0 atom stereocenters. The molecule has 2 N–H and O–H groups in total. The van der Waals surface area contributed by atoms with Crippen molar-refractivity contribution < 1.29 is 32.2 Å². The van der Waals surface area contributed by atoms with Gasteiger partial charge in [-0.15, -0.1) is 11.8 Å². The van der Waals surface area contributed by atoms with Crippen LogP contribution in [-0.4, -0.2) is 42.9 Å². The quantitative estimate of drug-likeness (QED) is 0.240. The van der Waals surface area contributed by atoms with Crippen LogP contribution >= 0.6 is 11.8 Å². The number of alkyl halides is 3. The van der Waals surface area contributed by atoms with Crippen molar-refractivity contribution in [1.82, 2.24) is 9.88 Å². The largest absolute Gasteiger partial charge is 0.493 e. The van der Waals surface area contributed by atoms with Crippen molar-refractivity contribution >= 4 is 40.2 Å². The van der Waals surface area contributed by atoms with Crippen LogP contribution in [-0.2, 0) is 17.5 Å². The second-order valence-corrected chi connectivity index (χ2v) is 9.46. The van der Waals surface area contributed by atoms with E-state index in [0.29, 0.717) is 30.2 Å². The van der Waals surface area contributed by atoms with Crippen LogP contribution in [0.5, 0.6) is 11.5 Å². The van der Waals surface area contributed by atoms with E-state index in [2.05, 4.69) is 10.6 Å². The summed E-state index contributed by atoms with van der Waals surface area (Å²) in [5, 5.41) is 6.35. The molecule has 1 heterocycles. The number of halogens is 3.